The van der Waals surface area contributed by atoms with Gasteiger partial charge in [-0.05, 0) is 18.2 Å². The largest absolute Gasteiger partial charge is 0.311 e. The van der Waals surface area contributed by atoms with Gasteiger partial charge in [-0.15, -0.1) is 11.8 Å². The molecule has 17 heavy (non-hydrogen) atoms. The second-order valence-corrected chi connectivity index (χ2v) is 5.17. The lowest BCUT2D eigenvalue weighted by atomic mass is 10.3. The van der Waals surface area contributed by atoms with Gasteiger partial charge in [0.15, 0.2) is 0 Å². The number of thioether (sulfide) groups is 1. The number of nitrogens with one attached hydrogen (secondary N) is 1. The Kier molecular flexibility index (Phi) is 5.65. The van der Waals surface area contributed by atoms with Crippen LogP contribution >= 0.6 is 11.8 Å². The Hall–Kier alpha value is -0.870. The van der Waals surface area contributed by atoms with Gasteiger partial charge in [-0.2, -0.15) is 0 Å². The van der Waals surface area contributed by atoms with Crippen molar-refractivity contribution in [3.8, 4) is 0 Å². The fraction of sp³-hybridized carbons (Fsp3) is 0.385. The third-order valence-corrected chi connectivity index (χ3v) is 3.26. The Bertz CT molecular complexity index is 391. The summed E-state index contributed by atoms with van der Waals surface area (Å²) in [6.07, 6.45) is 0. The van der Waals surface area contributed by atoms with Gasteiger partial charge in [0.1, 0.15) is 11.6 Å². The van der Waals surface area contributed by atoms with Crippen molar-refractivity contribution in [1.29, 1.82) is 0 Å². The van der Waals surface area contributed by atoms with E-state index in [1.807, 2.05) is 13.8 Å². The number of rotatable bonds is 6. The van der Waals surface area contributed by atoms with Crippen molar-refractivity contribution in [3.05, 3.63) is 42.0 Å². The number of hydrogen-bond acceptors (Lipinski definition) is 2. The van der Waals surface area contributed by atoms with E-state index in [-0.39, 0.29) is 5.82 Å². The van der Waals surface area contributed by atoms with Gasteiger partial charge >= 0.3 is 0 Å². The van der Waals surface area contributed by atoms with Gasteiger partial charge in [-0.1, -0.05) is 26.0 Å². The lowest BCUT2D eigenvalue weighted by molar-refractivity contribution is 0.577. The average molecular weight is 257 g/mol. The van der Waals surface area contributed by atoms with E-state index in [0.717, 1.165) is 17.7 Å². The summed E-state index contributed by atoms with van der Waals surface area (Å²) in [5.74, 6) is -0.221. The SMILES string of the molecule is C=C(CNC(C)C)CSc1cc(F)ccc1F. The van der Waals surface area contributed by atoms with Gasteiger partial charge in [-0.25, -0.2) is 8.78 Å². The molecule has 0 atom stereocenters. The standard InChI is InChI=1S/C13H17F2NS/c1-9(2)16-7-10(3)8-17-13-6-11(14)4-5-12(13)15/h4-6,9,16H,3,7-8H2,1-2H3. The van der Waals surface area contributed by atoms with Crippen molar-refractivity contribution in [2.24, 2.45) is 0 Å². The molecule has 0 unspecified atom stereocenters. The molecule has 1 N–H and O–H groups in total. The predicted octanol–water partition coefficient (Wildman–Crippen LogP) is 3.61. The fourth-order valence-electron chi connectivity index (χ4n) is 1.17. The smallest absolute Gasteiger partial charge is 0.136 e. The van der Waals surface area contributed by atoms with Crippen LogP contribution in [0.3, 0.4) is 0 Å². The first kappa shape index (κ1) is 14.2. The first-order valence-corrected chi connectivity index (χ1v) is 6.45. The van der Waals surface area contributed by atoms with Crippen molar-refractivity contribution in [2.45, 2.75) is 24.8 Å². The Morgan fingerprint density at radius 1 is 1.41 bits per heavy atom. The number of benzene rings is 1. The third-order valence-electron chi connectivity index (χ3n) is 2.09. The summed E-state index contributed by atoms with van der Waals surface area (Å²) in [5.41, 5.74) is 0.965. The van der Waals surface area contributed by atoms with Crippen LogP contribution in [0.5, 0.6) is 0 Å². The van der Waals surface area contributed by atoms with Crippen LogP contribution in [0.15, 0.2) is 35.2 Å². The highest BCUT2D eigenvalue weighted by Crippen LogP contribution is 2.24. The van der Waals surface area contributed by atoms with Crippen molar-refractivity contribution >= 4 is 11.8 Å². The van der Waals surface area contributed by atoms with E-state index in [9.17, 15) is 8.78 Å². The molecule has 0 aliphatic heterocycles. The summed E-state index contributed by atoms with van der Waals surface area (Å²) < 4.78 is 26.2. The fourth-order valence-corrected chi connectivity index (χ4v) is 2.03. The van der Waals surface area contributed by atoms with Crippen LogP contribution in [0, 0.1) is 11.6 Å². The maximum absolute atomic E-state index is 13.3. The van der Waals surface area contributed by atoms with Crippen molar-refractivity contribution in [3.63, 3.8) is 0 Å². The van der Waals surface area contributed by atoms with E-state index in [1.165, 1.54) is 17.8 Å². The minimum atomic E-state index is -0.417. The molecule has 94 valence electrons. The molecule has 1 nitrogen and oxygen atoms in total. The third kappa shape index (κ3) is 5.33. The number of hydrogen-bond donors (Lipinski definition) is 1. The van der Waals surface area contributed by atoms with Crippen LogP contribution in [0.2, 0.25) is 0 Å². The van der Waals surface area contributed by atoms with Gasteiger partial charge in [0.2, 0.25) is 0 Å². The summed E-state index contributed by atoms with van der Waals surface area (Å²) >= 11 is 1.27. The molecule has 0 aromatic heterocycles. The normalized spacial score (nSPS) is 10.9. The van der Waals surface area contributed by atoms with Crippen LogP contribution in [-0.2, 0) is 0 Å². The molecule has 0 amide bonds. The van der Waals surface area contributed by atoms with E-state index in [1.54, 1.807) is 0 Å². The summed E-state index contributed by atoms with van der Waals surface area (Å²) in [6.45, 7) is 8.69. The molecule has 0 heterocycles. The second kappa shape index (κ2) is 6.77. The monoisotopic (exact) mass is 257 g/mol. The summed E-state index contributed by atoms with van der Waals surface area (Å²) in [5, 5.41) is 3.23. The molecule has 0 aliphatic carbocycles. The zero-order valence-electron chi connectivity index (χ0n) is 10.1. The van der Waals surface area contributed by atoms with Crippen molar-refractivity contribution in [2.75, 3.05) is 12.3 Å². The molecular weight excluding hydrogens is 240 g/mol. The highest BCUT2D eigenvalue weighted by Gasteiger charge is 2.05. The van der Waals surface area contributed by atoms with Crippen molar-refractivity contribution < 1.29 is 8.78 Å². The summed E-state index contributed by atoms with van der Waals surface area (Å²) in [6, 6.07) is 3.87. The summed E-state index contributed by atoms with van der Waals surface area (Å²) in [4.78, 5) is 0.329. The van der Waals surface area contributed by atoms with E-state index in [4.69, 9.17) is 0 Å². The lowest BCUT2D eigenvalue weighted by Crippen LogP contribution is -2.25. The predicted molar refractivity (Wildman–Crippen MR) is 69.4 cm³/mol. The molecule has 0 spiro atoms. The topological polar surface area (TPSA) is 12.0 Å². The van der Waals surface area contributed by atoms with Crippen LogP contribution in [0.25, 0.3) is 0 Å². The number of halogens is 2. The molecule has 0 bridgehead atoms. The minimum absolute atomic E-state index is 0.329. The Labute approximate surface area is 105 Å². The Morgan fingerprint density at radius 2 is 2.12 bits per heavy atom. The molecule has 0 saturated heterocycles. The highest BCUT2D eigenvalue weighted by atomic mass is 32.2. The van der Waals surface area contributed by atoms with Crippen LogP contribution in [-0.4, -0.2) is 18.3 Å². The molecule has 1 rings (SSSR count). The lowest BCUT2D eigenvalue weighted by Gasteiger charge is -2.10. The molecular formula is C13H17F2NS. The Balaban J connectivity index is 2.44. The van der Waals surface area contributed by atoms with E-state index < -0.39 is 5.82 Å². The first-order chi connectivity index (χ1) is 7.99. The highest BCUT2D eigenvalue weighted by molar-refractivity contribution is 7.99. The van der Waals surface area contributed by atoms with Gasteiger partial charge in [0.05, 0.1) is 0 Å². The molecule has 0 aliphatic rings. The van der Waals surface area contributed by atoms with Gasteiger partial charge in [0.25, 0.3) is 0 Å². The molecule has 1 aromatic rings. The maximum atomic E-state index is 13.3. The molecule has 4 heteroatoms. The maximum Gasteiger partial charge on any atom is 0.136 e. The zero-order chi connectivity index (χ0) is 12.8. The van der Waals surface area contributed by atoms with E-state index >= 15 is 0 Å². The first-order valence-electron chi connectivity index (χ1n) is 5.47. The van der Waals surface area contributed by atoms with Crippen LogP contribution in [0.1, 0.15) is 13.8 Å². The average Bonchev–Trinajstić information content (AvgIpc) is 2.27. The van der Waals surface area contributed by atoms with Gasteiger partial charge in [-0.3, -0.25) is 0 Å². The van der Waals surface area contributed by atoms with Crippen LogP contribution in [0.4, 0.5) is 8.78 Å². The second-order valence-electron chi connectivity index (χ2n) is 4.15. The molecule has 1 aromatic carbocycles. The molecule has 0 saturated carbocycles. The van der Waals surface area contributed by atoms with E-state index in [0.29, 0.717) is 23.2 Å². The minimum Gasteiger partial charge on any atom is -0.311 e. The Morgan fingerprint density at radius 3 is 2.76 bits per heavy atom. The van der Waals surface area contributed by atoms with Crippen LogP contribution < -0.4 is 5.32 Å². The molecule has 0 fully saturated rings. The quantitative estimate of drug-likeness (QED) is 0.617. The van der Waals surface area contributed by atoms with Gasteiger partial charge in [0, 0.05) is 23.2 Å². The van der Waals surface area contributed by atoms with Gasteiger partial charge < -0.3 is 5.32 Å². The van der Waals surface area contributed by atoms with E-state index in [2.05, 4.69) is 11.9 Å². The zero-order valence-corrected chi connectivity index (χ0v) is 10.9. The molecule has 0 radical (unpaired) electrons. The summed E-state index contributed by atoms with van der Waals surface area (Å²) in [7, 11) is 0. The van der Waals surface area contributed by atoms with Crippen molar-refractivity contribution in [1.82, 2.24) is 5.32 Å².